The molecule has 2 aliphatic heterocycles. The van der Waals surface area contributed by atoms with Crippen LogP contribution in [-0.2, 0) is 9.59 Å². The largest absolute Gasteiger partial charge is 0.356 e. The number of anilines is 1. The molecule has 2 N–H and O–H groups in total. The number of piperazine rings is 1. The van der Waals surface area contributed by atoms with Crippen molar-refractivity contribution < 1.29 is 9.59 Å². The quantitative estimate of drug-likeness (QED) is 0.737. The molecule has 1 aromatic rings. The molecular formula is C21H33N5O2. The maximum absolute atomic E-state index is 12.4. The van der Waals surface area contributed by atoms with Crippen molar-refractivity contribution in [2.45, 2.75) is 32.6 Å². The maximum Gasteiger partial charge on any atom is 0.224 e. The van der Waals surface area contributed by atoms with Crippen LogP contribution in [0.15, 0.2) is 24.4 Å². The van der Waals surface area contributed by atoms with Crippen molar-refractivity contribution >= 4 is 17.6 Å². The van der Waals surface area contributed by atoms with E-state index in [2.05, 4.69) is 27.4 Å². The Morgan fingerprint density at radius 1 is 1.29 bits per heavy atom. The number of piperidine rings is 1. The summed E-state index contributed by atoms with van der Waals surface area (Å²) in [7, 11) is 0. The Labute approximate surface area is 167 Å². The first-order valence-corrected chi connectivity index (χ1v) is 10.5. The number of carbonyl (C=O) groups is 2. The van der Waals surface area contributed by atoms with Gasteiger partial charge in [0.1, 0.15) is 5.82 Å². The molecule has 0 bridgehead atoms. The van der Waals surface area contributed by atoms with Gasteiger partial charge in [-0.2, -0.15) is 0 Å². The summed E-state index contributed by atoms with van der Waals surface area (Å²) >= 11 is 0. The molecule has 3 rings (SSSR count). The van der Waals surface area contributed by atoms with Crippen molar-refractivity contribution in [3.05, 3.63) is 24.4 Å². The minimum absolute atomic E-state index is 0.0610. The van der Waals surface area contributed by atoms with E-state index in [1.165, 1.54) is 12.8 Å². The highest BCUT2D eigenvalue weighted by Gasteiger charge is 2.23. The molecule has 28 heavy (non-hydrogen) atoms. The van der Waals surface area contributed by atoms with Crippen molar-refractivity contribution in [3.8, 4) is 0 Å². The molecular weight excluding hydrogens is 354 g/mol. The van der Waals surface area contributed by atoms with Gasteiger partial charge >= 0.3 is 0 Å². The molecule has 0 saturated carbocycles. The van der Waals surface area contributed by atoms with Gasteiger partial charge in [-0.3, -0.25) is 9.59 Å². The van der Waals surface area contributed by atoms with E-state index in [0.717, 1.165) is 32.0 Å². The van der Waals surface area contributed by atoms with Crippen LogP contribution in [0.2, 0.25) is 0 Å². The van der Waals surface area contributed by atoms with Gasteiger partial charge in [-0.25, -0.2) is 4.98 Å². The summed E-state index contributed by atoms with van der Waals surface area (Å²) in [5, 5.41) is 6.34. The van der Waals surface area contributed by atoms with E-state index >= 15 is 0 Å². The third-order valence-corrected chi connectivity index (χ3v) is 5.91. The number of aromatic nitrogens is 1. The predicted molar refractivity (Wildman–Crippen MR) is 110 cm³/mol. The van der Waals surface area contributed by atoms with E-state index in [0.29, 0.717) is 44.3 Å². The second kappa shape index (κ2) is 10.4. The van der Waals surface area contributed by atoms with Crippen LogP contribution in [0.1, 0.15) is 32.6 Å². The number of hydrogen-bond donors (Lipinski definition) is 2. The summed E-state index contributed by atoms with van der Waals surface area (Å²) in [6.45, 7) is 7.68. The van der Waals surface area contributed by atoms with Gasteiger partial charge in [0.25, 0.3) is 0 Å². The molecule has 2 atom stereocenters. The molecule has 1 aromatic heterocycles. The molecule has 0 radical (unpaired) electrons. The SMILES string of the molecule is CC(CC(=O)NCCC(=O)N1CCN(c2ccccn2)CC1)C1CCCNC1. The third-order valence-electron chi connectivity index (χ3n) is 5.91. The average molecular weight is 388 g/mol. The van der Waals surface area contributed by atoms with Crippen molar-refractivity contribution in [3.63, 3.8) is 0 Å². The highest BCUT2D eigenvalue weighted by atomic mass is 16.2. The molecule has 7 nitrogen and oxygen atoms in total. The molecule has 2 amide bonds. The van der Waals surface area contributed by atoms with Crippen LogP contribution in [0.5, 0.6) is 0 Å². The van der Waals surface area contributed by atoms with E-state index in [-0.39, 0.29) is 11.8 Å². The lowest BCUT2D eigenvalue weighted by atomic mass is 9.85. The van der Waals surface area contributed by atoms with E-state index in [4.69, 9.17) is 0 Å². The normalized spacial score (nSPS) is 21.2. The summed E-state index contributed by atoms with van der Waals surface area (Å²) in [5.41, 5.74) is 0. The Morgan fingerprint density at radius 2 is 2.11 bits per heavy atom. The van der Waals surface area contributed by atoms with Crippen LogP contribution in [0.4, 0.5) is 5.82 Å². The molecule has 3 heterocycles. The van der Waals surface area contributed by atoms with Crippen LogP contribution in [0.3, 0.4) is 0 Å². The lowest BCUT2D eigenvalue weighted by molar-refractivity contribution is -0.131. The van der Waals surface area contributed by atoms with Crippen LogP contribution in [-0.4, -0.2) is 67.5 Å². The standard InChI is InChI=1S/C21H33N5O2/c1-17(18-5-4-8-22-16-18)15-20(27)24-10-7-21(28)26-13-11-25(12-14-26)19-6-2-3-9-23-19/h2-3,6,9,17-18,22H,4-5,7-8,10-16H2,1H3,(H,24,27). The smallest absolute Gasteiger partial charge is 0.224 e. The Kier molecular flexibility index (Phi) is 7.65. The summed E-state index contributed by atoms with van der Waals surface area (Å²) in [5.74, 6) is 2.10. The Hall–Kier alpha value is -2.15. The van der Waals surface area contributed by atoms with Gasteiger partial charge in [-0.15, -0.1) is 0 Å². The first-order chi connectivity index (χ1) is 13.6. The Bertz CT molecular complexity index is 625. The van der Waals surface area contributed by atoms with Crippen molar-refractivity contribution in [2.24, 2.45) is 11.8 Å². The first kappa shape index (κ1) is 20.6. The topological polar surface area (TPSA) is 77.6 Å². The molecule has 2 unspecified atom stereocenters. The van der Waals surface area contributed by atoms with E-state index in [1.54, 1.807) is 6.20 Å². The van der Waals surface area contributed by atoms with Gasteiger partial charge < -0.3 is 20.4 Å². The van der Waals surface area contributed by atoms with Gasteiger partial charge in [0, 0.05) is 51.8 Å². The van der Waals surface area contributed by atoms with Crippen LogP contribution in [0.25, 0.3) is 0 Å². The highest BCUT2D eigenvalue weighted by Crippen LogP contribution is 2.22. The van der Waals surface area contributed by atoms with E-state index < -0.39 is 0 Å². The van der Waals surface area contributed by atoms with Gasteiger partial charge in [-0.1, -0.05) is 13.0 Å². The second-order valence-corrected chi connectivity index (χ2v) is 7.94. The lowest BCUT2D eigenvalue weighted by Gasteiger charge is -2.35. The number of pyridine rings is 1. The molecule has 154 valence electrons. The number of nitrogens with zero attached hydrogens (tertiary/aromatic N) is 3. The zero-order chi connectivity index (χ0) is 19.8. The number of rotatable bonds is 7. The van der Waals surface area contributed by atoms with Gasteiger partial charge in [0.2, 0.25) is 11.8 Å². The van der Waals surface area contributed by atoms with Gasteiger partial charge in [0.05, 0.1) is 0 Å². The van der Waals surface area contributed by atoms with Crippen molar-refractivity contribution in [2.75, 3.05) is 50.7 Å². The lowest BCUT2D eigenvalue weighted by Crippen LogP contribution is -2.49. The molecule has 0 aromatic carbocycles. The number of nitrogens with one attached hydrogen (secondary N) is 2. The molecule has 0 aliphatic carbocycles. The highest BCUT2D eigenvalue weighted by molar-refractivity contribution is 5.79. The fraction of sp³-hybridized carbons (Fsp3) is 0.667. The molecule has 0 spiro atoms. The molecule has 2 aliphatic rings. The fourth-order valence-corrected chi connectivity index (χ4v) is 4.09. The number of amides is 2. The molecule has 2 fully saturated rings. The van der Waals surface area contributed by atoms with Crippen LogP contribution < -0.4 is 15.5 Å². The van der Waals surface area contributed by atoms with Crippen molar-refractivity contribution in [1.82, 2.24) is 20.5 Å². The minimum Gasteiger partial charge on any atom is -0.356 e. The summed E-state index contributed by atoms with van der Waals surface area (Å²) in [6.07, 6.45) is 5.10. The van der Waals surface area contributed by atoms with Gasteiger partial charge in [0.15, 0.2) is 0 Å². The number of hydrogen-bond acceptors (Lipinski definition) is 5. The summed E-state index contributed by atoms with van der Waals surface area (Å²) in [4.78, 5) is 33.1. The minimum atomic E-state index is 0.0610. The third kappa shape index (κ3) is 5.92. The second-order valence-electron chi connectivity index (χ2n) is 7.94. The Morgan fingerprint density at radius 3 is 2.79 bits per heavy atom. The van der Waals surface area contributed by atoms with Crippen molar-refractivity contribution in [1.29, 1.82) is 0 Å². The maximum atomic E-state index is 12.4. The Balaban J connectivity index is 1.31. The zero-order valence-corrected chi connectivity index (χ0v) is 16.9. The van der Waals surface area contributed by atoms with Gasteiger partial charge in [-0.05, 0) is 49.9 Å². The van der Waals surface area contributed by atoms with E-state index in [1.807, 2.05) is 23.1 Å². The first-order valence-electron chi connectivity index (χ1n) is 10.5. The summed E-state index contributed by atoms with van der Waals surface area (Å²) < 4.78 is 0. The van der Waals surface area contributed by atoms with Crippen LogP contribution >= 0.6 is 0 Å². The fourth-order valence-electron chi connectivity index (χ4n) is 4.09. The molecule has 2 saturated heterocycles. The molecule has 7 heteroatoms. The predicted octanol–water partition coefficient (Wildman–Crippen LogP) is 1.26. The zero-order valence-electron chi connectivity index (χ0n) is 16.9. The summed E-state index contributed by atoms with van der Waals surface area (Å²) in [6, 6.07) is 5.88. The average Bonchev–Trinajstić information content (AvgIpc) is 2.75. The van der Waals surface area contributed by atoms with Crippen LogP contribution in [0, 0.1) is 11.8 Å². The number of carbonyl (C=O) groups excluding carboxylic acids is 2. The monoisotopic (exact) mass is 387 g/mol. The van der Waals surface area contributed by atoms with E-state index in [9.17, 15) is 9.59 Å².